The van der Waals surface area contributed by atoms with Crippen molar-refractivity contribution in [3.8, 4) is 11.3 Å². The topological polar surface area (TPSA) is 43.1 Å². The Morgan fingerprint density at radius 3 is 2.02 bits per heavy atom. The molecule has 8 rings (SSSR count). The van der Waals surface area contributed by atoms with E-state index in [-0.39, 0.29) is 20.1 Å². The van der Waals surface area contributed by atoms with E-state index in [1.165, 1.54) is 10.9 Å². The maximum absolute atomic E-state index is 13.8. The molecule has 5 heteroatoms. The molecule has 0 aliphatic rings. The van der Waals surface area contributed by atoms with Gasteiger partial charge in [-0.2, -0.15) is 30.3 Å². The van der Waals surface area contributed by atoms with Crippen LogP contribution in [0.15, 0.2) is 156 Å². The monoisotopic (exact) mass is 820 g/mol. The molecule has 0 aliphatic carbocycles. The third kappa shape index (κ3) is 6.58. The normalized spacial score (nSPS) is 11.3. The molecule has 0 aliphatic heterocycles. The van der Waals surface area contributed by atoms with E-state index in [9.17, 15) is 4.57 Å². The van der Waals surface area contributed by atoms with Crippen LogP contribution < -0.4 is 15.9 Å². The molecule has 0 fully saturated rings. The molecule has 1 radical (unpaired) electrons. The molecule has 2 aromatic heterocycles. The Morgan fingerprint density at radius 2 is 1.33 bits per heavy atom. The van der Waals surface area contributed by atoms with Gasteiger partial charge in [0.1, 0.15) is 12.7 Å². The molecule has 0 saturated heterocycles. The van der Waals surface area contributed by atoms with Crippen molar-refractivity contribution in [2.24, 2.45) is 5.92 Å². The SMILES string of the molecule is CC(C)Cc1cccc2nc(-c3[c-]ccc4c3oc3ccccc34)ccc12.O=P(c1[c-]cccc1)(c1ccccc1)c1ccccc1.[Ir]. The zero-order chi connectivity index (χ0) is 32.2. The Hall–Kier alpha value is -4.59. The number of hydrogen-bond donors (Lipinski definition) is 0. The zero-order valence-electron chi connectivity index (χ0n) is 26.8. The minimum Gasteiger partial charge on any atom is -0.501 e. The molecule has 0 spiro atoms. The first-order valence-corrected chi connectivity index (χ1v) is 17.6. The van der Waals surface area contributed by atoms with Gasteiger partial charge in [-0.15, -0.1) is 18.2 Å². The van der Waals surface area contributed by atoms with Crippen LogP contribution in [-0.4, -0.2) is 4.98 Å². The van der Waals surface area contributed by atoms with Gasteiger partial charge >= 0.3 is 0 Å². The second kappa shape index (κ2) is 14.7. The molecule has 0 bridgehead atoms. The summed E-state index contributed by atoms with van der Waals surface area (Å²) in [5.74, 6) is 0.618. The fraction of sp³-hybridized carbons (Fsp3) is 0.0930. The van der Waals surface area contributed by atoms with E-state index in [4.69, 9.17) is 9.40 Å². The minimum absolute atomic E-state index is 0. The summed E-state index contributed by atoms with van der Waals surface area (Å²) in [5, 5.41) is 5.89. The number of hydrogen-bond acceptors (Lipinski definition) is 3. The Balaban J connectivity index is 0.000000171. The van der Waals surface area contributed by atoms with Gasteiger partial charge in [-0.3, -0.25) is 4.98 Å². The molecule has 0 unspecified atom stereocenters. The molecule has 8 aromatic rings. The number of benzene rings is 6. The smallest absolute Gasteiger partial charge is 0.147 e. The zero-order valence-corrected chi connectivity index (χ0v) is 30.1. The van der Waals surface area contributed by atoms with Crippen molar-refractivity contribution in [3.05, 3.63) is 169 Å². The summed E-state index contributed by atoms with van der Waals surface area (Å²) >= 11 is 0. The van der Waals surface area contributed by atoms with Crippen LogP contribution in [0.4, 0.5) is 0 Å². The first-order chi connectivity index (χ1) is 23.0. The predicted molar refractivity (Wildman–Crippen MR) is 197 cm³/mol. The second-order valence-corrected chi connectivity index (χ2v) is 14.7. The van der Waals surface area contributed by atoms with Crippen molar-refractivity contribution >= 4 is 55.9 Å². The third-order valence-corrected chi connectivity index (χ3v) is 11.3. The summed E-state index contributed by atoms with van der Waals surface area (Å²) in [6.45, 7) is 4.50. The Bertz CT molecular complexity index is 2230. The van der Waals surface area contributed by atoms with Crippen molar-refractivity contribution in [2.75, 3.05) is 0 Å². The van der Waals surface area contributed by atoms with Crippen LogP contribution in [0.2, 0.25) is 0 Å². The van der Waals surface area contributed by atoms with Crippen molar-refractivity contribution in [2.45, 2.75) is 20.3 Å². The molecule has 0 N–H and O–H groups in total. The van der Waals surface area contributed by atoms with E-state index in [0.717, 1.165) is 61.0 Å². The molecule has 239 valence electrons. The molecule has 6 aromatic carbocycles. The van der Waals surface area contributed by atoms with Gasteiger partial charge in [0.05, 0.1) is 11.1 Å². The second-order valence-electron chi connectivity index (χ2n) is 12.0. The Morgan fingerprint density at radius 1 is 0.646 bits per heavy atom. The van der Waals surface area contributed by atoms with E-state index in [0.29, 0.717) is 5.92 Å². The third-order valence-electron chi connectivity index (χ3n) is 8.32. The number of furan rings is 1. The number of nitrogens with zero attached hydrogens (tertiary/aromatic N) is 1. The molecule has 0 saturated carbocycles. The molecule has 3 nitrogen and oxygen atoms in total. The van der Waals surface area contributed by atoms with E-state index in [2.05, 4.69) is 68.4 Å². The van der Waals surface area contributed by atoms with Crippen molar-refractivity contribution in [1.82, 2.24) is 4.98 Å². The van der Waals surface area contributed by atoms with E-state index in [1.54, 1.807) is 0 Å². The first kappa shape index (κ1) is 33.3. The van der Waals surface area contributed by atoms with E-state index < -0.39 is 7.14 Å². The summed E-state index contributed by atoms with van der Waals surface area (Å²) in [5.41, 5.74) is 5.94. The van der Waals surface area contributed by atoms with Gasteiger partial charge < -0.3 is 8.98 Å². The van der Waals surface area contributed by atoms with Gasteiger partial charge in [-0.05, 0) is 35.7 Å². The van der Waals surface area contributed by atoms with Crippen LogP contribution in [-0.2, 0) is 31.1 Å². The standard InChI is InChI=1S/C25H20NO.C18H14OP.Ir/c1-16(2)15-17-7-5-11-22-18(17)13-14-23(26-22)21-10-6-9-20-19-8-3-4-12-24(19)27-25(20)21;19-20(16-10-4-1-5-11-16,17-12-6-2-7-13-17)18-14-8-3-9-15-18;/h3-9,11-14,16H,15H2,1-2H3;1-14H;/q2*-1;. The summed E-state index contributed by atoms with van der Waals surface area (Å²) in [6.07, 6.45) is 1.06. The van der Waals surface area contributed by atoms with Gasteiger partial charge in [0.2, 0.25) is 0 Å². The van der Waals surface area contributed by atoms with Gasteiger partial charge in [0, 0.05) is 41.5 Å². The molecule has 0 amide bonds. The maximum Gasteiger partial charge on any atom is 0.147 e. The van der Waals surface area contributed by atoms with Crippen molar-refractivity contribution in [3.63, 3.8) is 0 Å². The van der Waals surface area contributed by atoms with Gasteiger partial charge in [-0.1, -0.05) is 133 Å². The molecule has 2 heterocycles. The molecule has 48 heavy (non-hydrogen) atoms. The average molecular weight is 820 g/mol. The number of pyridine rings is 1. The fourth-order valence-electron chi connectivity index (χ4n) is 6.14. The molecule has 0 atom stereocenters. The van der Waals surface area contributed by atoms with Gasteiger partial charge in [-0.25, -0.2) is 0 Å². The fourth-order valence-corrected chi connectivity index (χ4v) is 8.73. The molecular formula is C43H34IrNO2P-2. The minimum atomic E-state index is -2.83. The number of aromatic nitrogens is 1. The van der Waals surface area contributed by atoms with Gasteiger partial charge in [0.15, 0.2) is 0 Å². The first-order valence-electron chi connectivity index (χ1n) is 15.9. The molecular weight excluding hydrogens is 786 g/mol. The quantitative estimate of drug-likeness (QED) is 0.124. The van der Waals surface area contributed by atoms with Crippen LogP contribution in [0.3, 0.4) is 0 Å². The van der Waals surface area contributed by atoms with Crippen LogP contribution in [0.5, 0.6) is 0 Å². The van der Waals surface area contributed by atoms with Gasteiger partial charge in [0.25, 0.3) is 0 Å². The van der Waals surface area contributed by atoms with Crippen LogP contribution in [0.25, 0.3) is 44.1 Å². The van der Waals surface area contributed by atoms with Crippen LogP contribution in [0.1, 0.15) is 19.4 Å². The number of para-hydroxylation sites is 1. The maximum atomic E-state index is 13.8. The Kier molecular flexibility index (Phi) is 10.2. The van der Waals surface area contributed by atoms with Crippen LogP contribution >= 0.6 is 7.14 Å². The summed E-state index contributed by atoms with van der Waals surface area (Å²) in [4.78, 5) is 4.94. The Labute approximate surface area is 295 Å². The summed E-state index contributed by atoms with van der Waals surface area (Å²) in [6, 6.07) is 56.1. The van der Waals surface area contributed by atoms with E-state index in [1.807, 2.05) is 109 Å². The summed E-state index contributed by atoms with van der Waals surface area (Å²) < 4.78 is 19.9. The number of fused-ring (bicyclic) bond motifs is 4. The average Bonchev–Trinajstić information content (AvgIpc) is 3.51. The van der Waals surface area contributed by atoms with Crippen molar-refractivity contribution < 1.29 is 29.1 Å². The summed E-state index contributed by atoms with van der Waals surface area (Å²) in [7, 11) is -2.83. The number of rotatable bonds is 6. The van der Waals surface area contributed by atoms with E-state index >= 15 is 0 Å². The predicted octanol–water partition coefficient (Wildman–Crippen LogP) is 9.92. The largest absolute Gasteiger partial charge is 0.501 e. The van der Waals surface area contributed by atoms with Crippen molar-refractivity contribution in [1.29, 1.82) is 0 Å². The van der Waals surface area contributed by atoms with Crippen LogP contribution in [0, 0.1) is 18.1 Å².